The lowest BCUT2D eigenvalue weighted by atomic mass is 9.94. The summed E-state index contributed by atoms with van der Waals surface area (Å²) in [6.07, 6.45) is -3.32. The highest BCUT2D eigenvalue weighted by atomic mass is 19.2. The molecule has 4 N–H and O–H groups in total. The summed E-state index contributed by atoms with van der Waals surface area (Å²) < 4.78 is 26.0. The number of nitrogens with zero attached hydrogens (tertiary/aromatic N) is 1. The Morgan fingerprint density at radius 3 is 2.43 bits per heavy atom. The number of likely N-dealkylation sites (tertiary alicyclic amines) is 1. The molecule has 1 aromatic carbocycles. The van der Waals surface area contributed by atoms with Gasteiger partial charge >= 0.3 is 0 Å². The molecular weight excluding hydrogens is 284 g/mol. The summed E-state index contributed by atoms with van der Waals surface area (Å²) >= 11 is 0. The SMILES string of the molecule is OC[C@H]1[C@@H](O)[C@H](O)[C@@H](O)CN1CCc1ccc(F)c(F)c1. The quantitative estimate of drug-likeness (QED) is 0.589. The molecule has 1 aromatic rings. The van der Waals surface area contributed by atoms with Gasteiger partial charge in [0.25, 0.3) is 0 Å². The van der Waals surface area contributed by atoms with E-state index in [9.17, 15) is 29.2 Å². The van der Waals surface area contributed by atoms with Crippen LogP contribution in [-0.4, -0.2) is 69.4 Å². The maximum Gasteiger partial charge on any atom is 0.159 e. The molecule has 2 rings (SSSR count). The van der Waals surface area contributed by atoms with Gasteiger partial charge in [-0.2, -0.15) is 0 Å². The molecule has 1 aliphatic rings. The molecule has 118 valence electrons. The molecule has 1 fully saturated rings. The van der Waals surface area contributed by atoms with Gasteiger partial charge in [0, 0.05) is 13.1 Å². The van der Waals surface area contributed by atoms with Gasteiger partial charge in [-0.3, -0.25) is 4.90 Å². The first kappa shape index (κ1) is 16.3. The molecule has 0 aromatic heterocycles. The molecule has 0 saturated carbocycles. The minimum atomic E-state index is -1.30. The van der Waals surface area contributed by atoms with Crippen LogP contribution in [0.2, 0.25) is 0 Å². The highest BCUT2D eigenvalue weighted by molar-refractivity contribution is 5.18. The molecule has 1 heterocycles. The number of hydrogen-bond donors (Lipinski definition) is 4. The zero-order valence-electron chi connectivity index (χ0n) is 11.4. The van der Waals surface area contributed by atoms with Gasteiger partial charge in [-0.1, -0.05) is 6.07 Å². The van der Waals surface area contributed by atoms with Crippen LogP contribution < -0.4 is 0 Å². The summed E-state index contributed by atoms with van der Waals surface area (Å²) in [5.74, 6) is -1.85. The van der Waals surface area contributed by atoms with E-state index >= 15 is 0 Å². The summed E-state index contributed by atoms with van der Waals surface area (Å²) in [5.41, 5.74) is 0.570. The predicted molar refractivity (Wildman–Crippen MR) is 70.5 cm³/mol. The van der Waals surface area contributed by atoms with Gasteiger partial charge < -0.3 is 20.4 Å². The van der Waals surface area contributed by atoms with Crippen molar-refractivity contribution >= 4 is 0 Å². The van der Waals surface area contributed by atoms with Crippen LogP contribution in [0.4, 0.5) is 8.78 Å². The minimum absolute atomic E-state index is 0.0904. The number of rotatable bonds is 4. The molecule has 4 atom stereocenters. The molecule has 7 heteroatoms. The molecule has 0 spiro atoms. The van der Waals surface area contributed by atoms with Gasteiger partial charge in [0.1, 0.15) is 12.2 Å². The number of β-amino-alcohol motifs (C(OH)–C–C–N with tert-alkyl or cyclic N) is 1. The van der Waals surface area contributed by atoms with Crippen LogP contribution in [0, 0.1) is 11.6 Å². The van der Waals surface area contributed by atoms with E-state index in [2.05, 4.69) is 0 Å². The minimum Gasteiger partial charge on any atom is -0.395 e. The number of halogens is 2. The number of aliphatic hydroxyl groups is 4. The van der Waals surface area contributed by atoms with Crippen molar-refractivity contribution in [2.45, 2.75) is 30.8 Å². The Hall–Kier alpha value is -1.12. The molecule has 0 amide bonds. The van der Waals surface area contributed by atoms with E-state index in [1.807, 2.05) is 0 Å². The summed E-state index contributed by atoms with van der Waals surface area (Å²) in [5, 5.41) is 38.4. The van der Waals surface area contributed by atoms with Crippen molar-refractivity contribution in [1.29, 1.82) is 0 Å². The number of benzene rings is 1. The maximum atomic E-state index is 13.1. The topological polar surface area (TPSA) is 84.2 Å². The lowest BCUT2D eigenvalue weighted by Gasteiger charge is -2.43. The zero-order chi connectivity index (χ0) is 15.6. The fraction of sp³-hybridized carbons (Fsp3) is 0.571. The van der Waals surface area contributed by atoms with E-state index < -0.39 is 36.0 Å². The van der Waals surface area contributed by atoms with Crippen LogP contribution >= 0.6 is 0 Å². The second kappa shape index (κ2) is 6.76. The van der Waals surface area contributed by atoms with E-state index in [1.54, 1.807) is 4.90 Å². The lowest BCUT2D eigenvalue weighted by Crippen LogP contribution is -2.62. The van der Waals surface area contributed by atoms with Gasteiger partial charge in [-0.25, -0.2) is 8.78 Å². The Balaban J connectivity index is 2.02. The predicted octanol–water partition coefficient (Wildman–Crippen LogP) is -0.734. The molecule has 0 unspecified atom stereocenters. The van der Waals surface area contributed by atoms with Gasteiger partial charge in [0.05, 0.1) is 18.8 Å². The molecule has 0 bridgehead atoms. The monoisotopic (exact) mass is 303 g/mol. The van der Waals surface area contributed by atoms with Gasteiger partial charge in [0.2, 0.25) is 0 Å². The third-order valence-electron chi connectivity index (χ3n) is 3.89. The summed E-state index contributed by atoms with van der Waals surface area (Å²) in [6.45, 7) is 0.0486. The van der Waals surface area contributed by atoms with Crippen LogP contribution in [0.5, 0.6) is 0 Å². The van der Waals surface area contributed by atoms with Crippen molar-refractivity contribution in [1.82, 2.24) is 4.90 Å². The van der Waals surface area contributed by atoms with Crippen molar-refractivity contribution in [3.05, 3.63) is 35.4 Å². The third kappa shape index (κ3) is 3.56. The molecular formula is C14H19F2NO4. The molecule has 21 heavy (non-hydrogen) atoms. The van der Waals surface area contributed by atoms with Crippen LogP contribution in [0.1, 0.15) is 5.56 Å². The highest BCUT2D eigenvalue weighted by Gasteiger charge is 2.40. The first-order valence-electron chi connectivity index (χ1n) is 6.77. The number of hydrogen-bond acceptors (Lipinski definition) is 5. The van der Waals surface area contributed by atoms with Crippen molar-refractivity contribution in [3.8, 4) is 0 Å². The van der Waals surface area contributed by atoms with Crippen LogP contribution in [0.3, 0.4) is 0 Å². The summed E-state index contributed by atoms with van der Waals surface area (Å²) in [6, 6.07) is 2.89. The average molecular weight is 303 g/mol. The van der Waals surface area contributed by atoms with Crippen molar-refractivity contribution in [2.75, 3.05) is 19.7 Å². The third-order valence-corrected chi connectivity index (χ3v) is 3.89. The Kier molecular flexibility index (Phi) is 5.23. The molecule has 5 nitrogen and oxygen atoms in total. The fourth-order valence-electron chi connectivity index (χ4n) is 2.60. The van der Waals surface area contributed by atoms with Gasteiger partial charge in [-0.05, 0) is 24.1 Å². The first-order chi connectivity index (χ1) is 9.93. The molecule has 1 aliphatic heterocycles. The fourth-order valence-corrected chi connectivity index (χ4v) is 2.60. The molecule has 0 radical (unpaired) electrons. The van der Waals surface area contributed by atoms with Crippen molar-refractivity contribution in [3.63, 3.8) is 0 Å². The van der Waals surface area contributed by atoms with Gasteiger partial charge in [-0.15, -0.1) is 0 Å². The van der Waals surface area contributed by atoms with Crippen molar-refractivity contribution < 1.29 is 29.2 Å². The van der Waals surface area contributed by atoms with Gasteiger partial charge in [0.15, 0.2) is 11.6 Å². The van der Waals surface area contributed by atoms with E-state index in [-0.39, 0.29) is 13.2 Å². The van der Waals surface area contributed by atoms with Crippen LogP contribution in [-0.2, 0) is 6.42 Å². The Bertz CT molecular complexity index is 488. The number of aliphatic hydroxyl groups excluding tert-OH is 4. The summed E-state index contributed by atoms with van der Waals surface area (Å²) in [4.78, 5) is 1.63. The van der Waals surface area contributed by atoms with Crippen LogP contribution in [0.25, 0.3) is 0 Å². The second-order valence-electron chi connectivity index (χ2n) is 5.29. The van der Waals surface area contributed by atoms with Crippen molar-refractivity contribution in [2.24, 2.45) is 0 Å². The highest BCUT2D eigenvalue weighted by Crippen LogP contribution is 2.19. The van der Waals surface area contributed by atoms with Crippen LogP contribution in [0.15, 0.2) is 18.2 Å². The largest absolute Gasteiger partial charge is 0.395 e. The van der Waals surface area contributed by atoms with E-state index in [4.69, 9.17) is 0 Å². The normalized spacial score (nSPS) is 30.6. The Labute approximate surface area is 121 Å². The standard InChI is InChI=1S/C14H19F2NO4/c15-9-2-1-8(5-10(9)16)3-4-17-6-12(19)14(21)13(20)11(17)7-18/h1-2,5,11-14,18-21H,3-4,6-7H2/t11-,12-,13+,14+/m0/s1. The van der Waals surface area contributed by atoms with E-state index in [1.165, 1.54) is 6.07 Å². The molecule has 1 saturated heterocycles. The zero-order valence-corrected chi connectivity index (χ0v) is 11.4. The van der Waals surface area contributed by atoms with E-state index in [0.29, 0.717) is 18.5 Å². The first-order valence-corrected chi connectivity index (χ1v) is 6.77. The summed E-state index contributed by atoms with van der Waals surface area (Å²) in [7, 11) is 0. The smallest absolute Gasteiger partial charge is 0.159 e. The lowest BCUT2D eigenvalue weighted by molar-refractivity contribution is -0.144. The number of piperidine rings is 1. The Morgan fingerprint density at radius 1 is 1.10 bits per heavy atom. The average Bonchev–Trinajstić information content (AvgIpc) is 2.46. The second-order valence-corrected chi connectivity index (χ2v) is 5.29. The maximum absolute atomic E-state index is 13.1. The molecule has 0 aliphatic carbocycles. The van der Waals surface area contributed by atoms with E-state index in [0.717, 1.165) is 12.1 Å². The Morgan fingerprint density at radius 2 is 1.81 bits per heavy atom.